The van der Waals surface area contributed by atoms with Crippen LogP contribution in [-0.2, 0) is 31.0 Å². The van der Waals surface area contributed by atoms with Gasteiger partial charge in [-0.1, -0.05) is 29.8 Å². The monoisotopic (exact) mass is 589 g/mol. The van der Waals surface area contributed by atoms with Gasteiger partial charge in [-0.2, -0.15) is 13.2 Å². The maximum Gasteiger partial charge on any atom is 0.417 e. The van der Waals surface area contributed by atoms with Gasteiger partial charge in [0.2, 0.25) is 15.9 Å². The molecule has 3 aromatic rings. The predicted molar refractivity (Wildman–Crippen MR) is 140 cm³/mol. The lowest BCUT2D eigenvalue weighted by Gasteiger charge is -2.25. The average molecular weight is 590 g/mol. The summed E-state index contributed by atoms with van der Waals surface area (Å²) in [7, 11) is -8.09. The van der Waals surface area contributed by atoms with Crippen molar-refractivity contribution in [3.8, 4) is 0 Å². The van der Waals surface area contributed by atoms with E-state index in [0.717, 1.165) is 34.8 Å². The molecule has 0 aliphatic rings. The highest BCUT2D eigenvalue weighted by atomic mass is 35.5. The summed E-state index contributed by atoms with van der Waals surface area (Å²) < 4.78 is 92.5. The van der Waals surface area contributed by atoms with Crippen LogP contribution in [0.25, 0.3) is 0 Å². The van der Waals surface area contributed by atoms with E-state index in [2.05, 4.69) is 10.0 Å². The Labute approximate surface area is 223 Å². The van der Waals surface area contributed by atoms with Crippen molar-refractivity contribution in [3.05, 3.63) is 82.4 Å². The van der Waals surface area contributed by atoms with E-state index in [9.17, 15) is 34.8 Å². The quantitative estimate of drug-likeness (QED) is 0.376. The minimum Gasteiger partial charge on any atom is -0.325 e. The summed E-state index contributed by atoms with van der Waals surface area (Å²) in [5.41, 5.74) is 0.345. The van der Waals surface area contributed by atoms with E-state index in [1.165, 1.54) is 12.1 Å². The number of halogens is 4. The zero-order chi connectivity index (χ0) is 28.5. The topological polar surface area (TPSA) is 113 Å². The number of sulfonamides is 2. The fourth-order valence-corrected chi connectivity index (χ4v) is 5.88. The zero-order valence-electron chi connectivity index (χ0n) is 20.3. The molecule has 0 saturated heterocycles. The van der Waals surface area contributed by atoms with Gasteiger partial charge in [0.15, 0.2) is 0 Å². The number of nitrogens with zero attached hydrogens (tertiary/aromatic N) is 1. The molecule has 8 nitrogen and oxygen atoms in total. The van der Waals surface area contributed by atoms with Crippen molar-refractivity contribution < 1.29 is 34.8 Å². The van der Waals surface area contributed by atoms with Crippen molar-refractivity contribution in [1.82, 2.24) is 0 Å². The van der Waals surface area contributed by atoms with Gasteiger partial charge in [0, 0.05) is 11.4 Å². The molecule has 14 heteroatoms. The molecule has 3 aromatic carbocycles. The number of carbonyl (C=O) groups is 1. The number of rotatable bonds is 8. The number of anilines is 3. The van der Waals surface area contributed by atoms with Crippen LogP contribution in [0, 0.1) is 13.8 Å². The Morgan fingerprint density at radius 1 is 0.921 bits per heavy atom. The summed E-state index contributed by atoms with van der Waals surface area (Å²) in [5.74, 6) is -0.673. The summed E-state index contributed by atoms with van der Waals surface area (Å²) in [5, 5.41) is 1.94. The molecule has 204 valence electrons. The van der Waals surface area contributed by atoms with E-state index in [-0.39, 0.29) is 16.3 Å². The second kappa shape index (κ2) is 10.8. The second-order valence-corrected chi connectivity index (χ2v) is 12.4. The Kier molecular flexibility index (Phi) is 8.34. The third-order valence-corrected chi connectivity index (χ3v) is 8.19. The standard InChI is InChI=1S/C24H23ClF3N3O5S2/c1-15-5-4-6-16(2)23(15)31(37(3,33)34)14-22(32)29-17-7-10-19(11-8-17)38(35,36)30-18-9-12-21(25)20(13-18)24(26,27)28/h4-13,30H,14H2,1-3H3,(H,29,32). The molecule has 0 heterocycles. The van der Waals surface area contributed by atoms with Gasteiger partial charge in [-0.3, -0.25) is 13.8 Å². The molecular weight excluding hydrogens is 567 g/mol. The highest BCUT2D eigenvalue weighted by molar-refractivity contribution is 7.92. The van der Waals surface area contributed by atoms with E-state index < -0.39 is 49.3 Å². The van der Waals surface area contributed by atoms with Crippen LogP contribution >= 0.6 is 11.6 Å². The first-order chi connectivity index (χ1) is 17.5. The molecule has 0 fully saturated rings. The third-order valence-electron chi connectivity index (χ3n) is 5.35. The molecule has 0 atom stereocenters. The van der Waals surface area contributed by atoms with E-state index in [1.807, 2.05) is 0 Å². The first-order valence-electron chi connectivity index (χ1n) is 10.8. The van der Waals surface area contributed by atoms with Crippen LogP contribution in [0.5, 0.6) is 0 Å². The molecule has 0 aromatic heterocycles. The molecule has 0 spiro atoms. The SMILES string of the molecule is Cc1cccc(C)c1N(CC(=O)Nc1ccc(S(=O)(=O)Nc2ccc(Cl)c(C(F)(F)F)c2)cc1)S(C)(=O)=O. The number of aryl methyl sites for hydroxylation is 2. The Bertz CT molecular complexity index is 1560. The highest BCUT2D eigenvalue weighted by Crippen LogP contribution is 2.36. The Hall–Kier alpha value is -3.29. The molecule has 2 N–H and O–H groups in total. The molecule has 0 bridgehead atoms. The number of para-hydroxylation sites is 1. The summed E-state index contributed by atoms with van der Waals surface area (Å²) in [4.78, 5) is 12.4. The van der Waals surface area contributed by atoms with E-state index in [1.54, 1.807) is 32.0 Å². The third kappa shape index (κ3) is 6.97. The minimum absolute atomic E-state index is 0.176. The van der Waals surface area contributed by atoms with Crippen LogP contribution in [0.15, 0.2) is 65.6 Å². The fourth-order valence-electron chi connectivity index (χ4n) is 3.63. The number of amides is 1. The van der Waals surface area contributed by atoms with E-state index >= 15 is 0 Å². The minimum atomic E-state index is -4.77. The first kappa shape index (κ1) is 29.3. The molecule has 0 aliphatic heterocycles. The van der Waals surface area contributed by atoms with Crippen LogP contribution in [0.4, 0.5) is 30.2 Å². The molecule has 0 aliphatic carbocycles. The number of hydrogen-bond donors (Lipinski definition) is 2. The van der Waals surface area contributed by atoms with Gasteiger partial charge >= 0.3 is 6.18 Å². The number of hydrogen-bond acceptors (Lipinski definition) is 5. The largest absolute Gasteiger partial charge is 0.417 e. The van der Waals surface area contributed by atoms with Gasteiger partial charge in [-0.15, -0.1) is 0 Å². The number of nitrogens with one attached hydrogen (secondary N) is 2. The van der Waals surface area contributed by atoms with Crippen molar-refractivity contribution in [2.45, 2.75) is 24.9 Å². The predicted octanol–water partition coefficient (Wildman–Crippen LogP) is 5.18. The van der Waals surface area contributed by atoms with Crippen LogP contribution in [0.1, 0.15) is 16.7 Å². The number of carbonyl (C=O) groups excluding carboxylic acids is 1. The van der Waals surface area contributed by atoms with Gasteiger partial charge in [-0.25, -0.2) is 16.8 Å². The molecular formula is C24H23ClF3N3O5S2. The van der Waals surface area contributed by atoms with Crippen molar-refractivity contribution in [2.24, 2.45) is 0 Å². The fraction of sp³-hybridized carbons (Fsp3) is 0.208. The number of benzene rings is 3. The molecule has 1 amide bonds. The lowest BCUT2D eigenvalue weighted by molar-refractivity contribution is -0.137. The van der Waals surface area contributed by atoms with Crippen LogP contribution in [0.3, 0.4) is 0 Å². The molecule has 0 saturated carbocycles. The average Bonchev–Trinajstić information content (AvgIpc) is 2.78. The lowest BCUT2D eigenvalue weighted by atomic mass is 10.1. The van der Waals surface area contributed by atoms with Gasteiger partial charge in [0.25, 0.3) is 10.0 Å². The summed E-state index contributed by atoms with van der Waals surface area (Å²) in [6.07, 6.45) is -3.79. The summed E-state index contributed by atoms with van der Waals surface area (Å²) >= 11 is 5.57. The van der Waals surface area contributed by atoms with Crippen molar-refractivity contribution in [1.29, 1.82) is 0 Å². The maximum absolute atomic E-state index is 13.1. The molecule has 38 heavy (non-hydrogen) atoms. The molecule has 3 rings (SSSR count). The van der Waals surface area contributed by atoms with Gasteiger partial charge < -0.3 is 5.32 Å². The Balaban J connectivity index is 1.76. The summed E-state index contributed by atoms with van der Waals surface area (Å²) in [6, 6.07) is 12.6. The van der Waals surface area contributed by atoms with Gasteiger partial charge in [0.05, 0.1) is 27.4 Å². The second-order valence-electron chi connectivity index (χ2n) is 8.38. The highest BCUT2D eigenvalue weighted by Gasteiger charge is 2.33. The van der Waals surface area contributed by atoms with Crippen LogP contribution in [0.2, 0.25) is 5.02 Å². The Morgan fingerprint density at radius 3 is 2.00 bits per heavy atom. The van der Waals surface area contributed by atoms with Crippen LogP contribution < -0.4 is 14.3 Å². The lowest BCUT2D eigenvalue weighted by Crippen LogP contribution is -2.38. The first-order valence-corrected chi connectivity index (χ1v) is 14.5. The van der Waals surface area contributed by atoms with E-state index in [4.69, 9.17) is 11.6 Å². The smallest absolute Gasteiger partial charge is 0.325 e. The summed E-state index contributed by atoms with van der Waals surface area (Å²) in [6.45, 7) is 2.92. The molecule has 0 radical (unpaired) electrons. The Morgan fingerprint density at radius 2 is 1.47 bits per heavy atom. The van der Waals surface area contributed by atoms with E-state index in [0.29, 0.717) is 22.9 Å². The van der Waals surface area contributed by atoms with Crippen molar-refractivity contribution in [2.75, 3.05) is 27.1 Å². The van der Waals surface area contributed by atoms with Crippen molar-refractivity contribution >= 4 is 54.6 Å². The van der Waals surface area contributed by atoms with Gasteiger partial charge in [-0.05, 0) is 67.4 Å². The van der Waals surface area contributed by atoms with Crippen molar-refractivity contribution in [3.63, 3.8) is 0 Å². The maximum atomic E-state index is 13.1. The van der Waals surface area contributed by atoms with Crippen LogP contribution in [-0.4, -0.2) is 35.5 Å². The van der Waals surface area contributed by atoms with Gasteiger partial charge in [0.1, 0.15) is 6.54 Å². The zero-order valence-corrected chi connectivity index (χ0v) is 22.7. The number of alkyl halides is 3. The normalized spacial score (nSPS) is 12.2. The molecule has 0 unspecified atom stereocenters.